The van der Waals surface area contributed by atoms with Gasteiger partial charge in [-0.3, -0.25) is 15.0 Å². The first-order valence-electron chi connectivity index (χ1n) is 6.72. The second-order valence-corrected chi connectivity index (χ2v) is 5.35. The van der Waals surface area contributed by atoms with E-state index >= 15 is 0 Å². The highest BCUT2D eigenvalue weighted by Crippen LogP contribution is 2.36. The number of nitro benzene ring substituents is 1. The summed E-state index contributed by atoms with van der Waals surface area (Å²) in [4.78, 5) is 14.2. The predicted molar refractivity (Wildman–Crippen MR) is 77.5 cm³/mol. The van der Waals surface area contributed by atoms with Gasteiger partial charge in [-0.15, -0.1) is 11.6 Å². The van der Waals surface area contributed by atoms with Gasteiger partial charge in [0.1, 0.15) is 5.69 Å². The van der Waals surface area contributed by atoms with Crippen molar-refractivity contribution in [2.45, 2.75) is 6.18 Å². The molecular formula is C13H15Cl2F3N3O2-. The minimum absolute atomic E-state index is 0. The van der Waals surface area contributed by atoms with Crippen LogP contribution in [0.2, 0.25) is 0 Å². The van der Waals surface area contributed by atoms with Crippen molar-refractivity contribution >= 4 is 23.0 Å². The number of anilines is 1. The molecule has 1 aromatic rings. The Morgan fingerprint density at radius 1 is 1.22 bits per heavy atom. The Balaban J connectivity index is 0.00000264. The van der Waals surface area contributed by atoms with Gasteiger partial charge >= 0.3 is 6.18 Å². The van der Waals surface area contributed by atoms with E-state index in [9.17, 15) is 23.3 Å². The maximum absolute atomic E-state index is 12.7. The van der Waals surface area contributed by atoms with Crippen LogP contribution in [0.5, 0.6) is 0 Å². The molecule has 2 rings (SSSR count). The number of nitro groups is 1. The van der Waals surface area contributed by atoms with E-state index in [1.54, 1.807) is 4.90 Å². The third-order valence-electron chi connectivity index (χ3n) is 3.61. The third kappa shape index (κ3) is 4.86. The van der Waals surface area contributed by atoms with Crippen molar-refractivity contribution in [3.8, 4) is 0 Å². The summed E-state index contributed by atoms with van der Waals surface area (Å²) in [5.74, 6) is 0.500. The van der Waals surface area contributed by atoms with Gasteiger partial charge in [0, 0.05) is 44.7 Å². The molecule has 23 heavy (non-hydrogen) atoms. The molecule has 5 nitrogen and oxygen atoms in total. The number of hydrogen-bond acceptors (Lipinski definition) is 4. The molecule has 10 heteroatoms. The number of nitrogens with zero attached hydrogens (tertiary/aromatic N) is 3. The van der Waals surface area contributed by atoms with Gasteiger partial charge in [0.25, 0.3) is 5.69 Å². The average Bonchev–Trinajstić information content (AvgIpc) is 2.47. The van der Waals surface area contributed by atoms with Crippen LogP contribution in [0.3, 0.4) is 0 Å². The molecule has 0 aromatic heterocycles. The highest BCUT2D eigenvalue weighted by atomic mass is 35.5. The highest BCUT2D eigenvalue weighted by Gasteiger charge is 2.34. The Morgan fingerprint density at radius 3 is 2.30 bits per heavy atom. The minimum Gasteiger partial charge on any atom is -1.00 e. The summed E-state index contributed by atoms with van der Waals surface area (Å²) in [6.07, 6.45) is -4.59. The standard InChI is InChI=1S/C13H15ClF3N3O2.ClH/c14-3-4-18-5-7-19(8-6-18)11-2-1-10(13(15,16)17)9-12(11)20(21)22;/h1-2,9H,3-8H2;1H/p-1. The lowest BCUT2D eigenvalue weighted by Crippen LogP contribution is -3.00. The van der Waals surface area contributed by atoms with Gasteiger partial charge in [-0.2, -0.15) is 13.2 Å². The van der Waals surface area contributed by atoms with Gasteiger partial charge in [-0.05, 0) is 12.1 Å². The van der Waals surface area contributed by atoms with E-state index in [0.29, 0.717) is 38.1 Å². The summed E-state index contributed by atoms with van der Waals surface area (Å²) in [7, 11) is 0. The largest absolute Gasteiger partial charge is 1.00 e. The molecule has 0 aliphatic carbocycles. The second-order valence-electron chi connectivity index (χ2n) is 4.98. The molecular weight excluding hydrogens is 358 g/mol. The molecule has 1 aliphatic heterocycles. The smallest absolute Gasteiger partial charge is 0.416 e. The van der Waals surface area contributed by atoms with Crippen LogP contribution in [0.15, 0.2) is 18.2 Å². The van der Waals surface area contributed by atoms with Crippen LogP contribution >= 0.6 is 11.6 Å². The molecule has 0 unspecified atom stereocenters. The second kappa shape index (κ2) is 8.03. The molecule has 1 saturated heterocycles. The molecule has 1 aliphatic rings. The van der Waals surface area contributed by atoms with Crippen LogP contribution in [0.1, 0.15) is 5.56 Å². The number of piperazine rings is 1. The van der Waals surface area contributed by atoms with Crippen molar-refractivity contribution in [3.05, 3.63) is 33.9 Å². The fraction of sp³-hybridized carbons (Fsp3) is 0.538. The van der Waals surface area contributed by atoms with Crippen molar-refractivity contribution in [3.63, 3.8) is 0 Å². The first-order chi connectivity index (χ1) is 10.3. The van der Waals surface area contributed by atoms with Crippen LogP contribution in [0, 0.1) is 10.1 Å². The minimum atomic E-state index is -4.59. The van der Waals surface area contributed by atoms with Crippen molar-refractivity contribution in [2.75, 3.05) is 43.5 Å². The molecule has 0 radical (unpaired) electrons. The number of rotatable bonds is 4. The van der Waals surface area contributed by atoms with Crippen molar-refractivity contribution in [1.29, 1.82) is 0 Å². The third-order valence-corrected chi connectivity index (χ3v) is 3.78. The average molecular weight is 373 g/mol. The number of hydrogen-bond donors (Lipinski definition) is 0. The first kappa shape index (κ1) is 19.8. The summed E-state index contributed by atoms with van der Waals surface area (Å²) in [5.41, 5.74) is -1.30. The number of halogens is 5. The van der Waals surface area contributed by atoms with E-state index in [-0.39, 0.29) is 18.1 Å². The van der Waals surface area contributed by atoms with Crippen molar-refractivity contribution in [2.24, 2.45) is 0 Å². The molecule has 0 amide bonds. The Bertz CT molecular complexity index is 550. The van der Waals surface area contributed by atoms with E-state index in [1.807, 2.05) is 0 Å². The summed E-state index contributed by atoms with van der Waals surface area (Å²) in [5, 5.41) is 11.1. The predicted octanol–water partition coefficient (Wildman–Crippen LogP) is -0.0216. The lowest BCUT2D eigenvalue weighted by atomic mass is 10.1. The molecule has 1 fully saturated rings. The molecule has 130 valence electrons. The van der Waals surface area contributed by atoms with E-state index in [1.165, 1.54) is 6.07 Å². The van der Waals surface area contributed by atoms with Gasteiger partial charge in [0.15, 0.2) is 0 Å². The van der Waals surface area contributed by atoms with E-state index in [0.717, 1.165) is 12.6 Å². The Hall–Kier alpha value is -1.25. The van der Waals surface area contributed by atoms with Gasteiger partial charge < -0.3 is 17.3 Å². The maximum Gasteiger partial charge on any atom is 0.416 e. The summed E-state index contributed by atoms with van der Waals surface area (Å²) in [6.45, 7) is 3.10. The zero-order chi connectivity index (χ0) is 16.3. The van der Waals surface area contributed by atoms with E-state index in [4.69, 9.17) is 11.6 Å². The quantitative estimate of drug-likeness (QED) is 0.423. The van der Waals surface area contributed by atoms with Crippen LogP contribution in [-0.4, -0.2) is 48.4 Å². The normalized spacial score (nSPS) is 16.1. The summed E-state index contributed by atoms with van der Waals surface area (Å²) in [6, 6.07) is 2.66. The topological polar surface area (TPSA) is 49.6 Å². The zero-order valence-corrected chi connectivity index (χ0v) is 13.5. The monoisotopic (exact) mass is 372 g/mol. The zero-order valence-electron chi connectivity index (χ0n) is 12.0. The fourth-order valence-corrected chi connectivity index (χ4v) is 2.68. The molecule has 0 N–H and O–H groups in total. The Kier molecular flexibility index (Phi) is 6.91. The fourth-order valence-electron chi connectivity index (χ4n) is 2.45. The number of benzene rings is 1. The van der Waals surface area contributed by atoms with E-state index < -0.39 is 22.4 Å². The molecule has 0 saturated carbocycles. The van der Waals surface area contributed by atoms with Crippen LogP contribution in [0.25, 0.3) is 0 Å². The van der Waals surface area contributed by atoms with Crippen LogP contribution in [0.4, 0.5) is 24.5 Å². The van der Waals surface area contributed by atoms with Crippen LogP contribution < -0.4 is 17.3 Å². The van der Waals surface area contributed by atoms with Crippen LogP contribution in [-0.2, 0) is 6.18 Å². The lowest BCUT2D eigenvalue weighted by Gasteiger charge is -2.35. The SMILES string of the molecule is O=[N+]([O-])c1cc(C(F)(F)F)ccc1N1CCN(CCCl)CC1.[Cl-]. The van der Waals surface area contributed by atoms with Gasteiger partial charge in [0.05, 0.1) is 10.5 Å². The van der Waals surface area contributed by atoms with E-state index in [2.05, 4.69) is 4.90 Å². The first-order valence-corrected chi connectivity index (χ1v) is 7.25. The van der Waals surface area contributed by atoms with Gasteiger partial charge in [-0.25, -0.2) is 0 Å². The highest BCUT2D eigenvalue weighted by molar-refractivity contribution is 6.18. The maximum atomic E-state index is 12.7. The molecule has 1 heterocycles. The molecule has 1 aromatic carbocycles. The molecule has 0 spiro atoms. The van der Waals surface area contributed by atoms with Crippen molar-refractivity contribution in [1.82, 2.24) is 4.90 Å². The van der Waals surface area contributed by atoms with Crippen molar-refractivity contribution < 1.29 is 30.5 Å². The Morgan fingerprint density at radius 2 is 1.83 bits per heavy atom. The van der Waals surface area contributed by atoms with Gasteiger partial charge in [-0.1, -0.05) is 0 Å². The molecule has 0 bridgehead atoms. The lowest BCUT2D eigenvalue weighted by molar-refractivity contribution is -0.384. The number of alkyl halides is 4. The summed E-state index contributed by atoms with van der Waals surface area (Å²) < 4.78 is 38.1. The summed E-state index contributed by atoms with van der Waals surface area (Å²) >= 11 is 5.66. The van der Waals surface area contributed by atoms with Gasteiger partial charge in [0.2, 0.25) is 0 Å². The Labute approximate surface area is 142 Å². The molecule has 0 atom stereocenters.